The van der Waals surface area contributed by atoms with Gasteiger partial charge in [-0.3, -0.25) is 4.79 Å². The normalized spacial score (nSPS) is 12.8. The molecule has 8 heteroatoms. The summed E-state index contributed by atoms with van der Waals surface area (Å²) in [7, 11) is 0. The van der Waals surface area contributed by atoms with E-state index < -0.39 is 11.5 Å². The first-order chi connectivity index (χ1) is 15.8. The molecule has 0 saturated carbocycles. The molecule has 8 nitrogen and oxygen atoms in total. The molecule has 0 radical (unpaired) electrons. The van der Waals surface area contributed by atoms with Crippen LogP contribution in [-0.4, -0.2) is 41.5 Å². The largest absolute Gasteiger partial charge is 0.486 e. The standard InChI is InChI=1S/C25H27N3O5/c1-5-31-24(30)20-15-26-28(16(20)2)19-9-6-17(7-10-19)23(29)27-25(3,4)18-8-11-21-22(14-18)33-13-12-32-21/h6-11,14-15H,5,12-13H2,1-4H3,(H,27,29). The molecule has 172 valence electrons. The molecule has 0 unspecified atom stereocenters. The Morgan fingerprint density at radius 1 is 1.09 bits per heavy atom. The lowest BCUT2D eigenvalue weighted by molar-refractivity contribution is 0.0525. The summed E-state index contributed by atoms with van der Waals surface area (Å²) in [4.78, 5) is 25.0. The Labute approximate surface area is 192 Å². The Bertz CT molecular complexity index is 1180. The molecular weight excluding hydrogens is 422 g/mol. The third-order valence-corrected chi connectivity index (χ3v) is 5.57. The third kappa shape index (κ3) is 4.55. The van der Waals surface area contributed by atoms with E-state index in [4.69, 9.17) is 14.2 Å². The van der Waals surface area contributed by atoms with Crippen molar-refractivity contribution in [3.05, 3.63) is 71.0 Å². The van der Waals surface area contributed by atoms with Gasteiger partial charge < -0.3 is 19.5 Å². The predicted molar refractivity (Wildman–Crippen MR) is 122 cm³/mol. The molecule has 1 amide bonds. The molecule has 1 aliphatic rings. The molecule has 2 aromatic carbocycles. The summed E-state index contributed by atoms with van der Waals surface area (Å²) in [5.74, 6) is 0.786. The van der Waals surface area contributed by atoms with Gasteiger partial charge in [-0.05, 0) is 69.7 Å². The van der Waals surface area contributed by atoms with E-state index in [1.165, 1.54) is 6.20 Å². The second-order valence-corrected chi connectivity index (χ2v) is 8.26. The minimum Gasteiger partial charge on any atom is -0.486 e. The van der Waals surface area contributed by atoms with Gasteiger partial charge in [-0.2, -0.15) is 5.10 Å². The number of fused-ring (bicyclic) bond motifs is 1. The Hall–Kier alpha value is -3.81. The number of benzene rings is 2. The lowest BCUT2D eigenvalue weighted by Gasteiger charge is -2.28. The fourth-order valence-corrected chi connectivity index (χ4v) is 3.69. The second kappa shape index (κ2) is 8.97. The number of hydrogen-bond acceptors (Lipinski definition) is 6. The zero-order valence-corrected chi connectivity index (χ0v) is 19.2. The Kier molecular flexibility index (Phi) is 6.09. The number of aromatic nitrogens is 2. The van der Waals surface area contributed by atoms with Crippen LogP contribution in [0.15, 0.2) is 48.7 Å². The second-order valence-electron chi connectivity index (χ2n) is 8.26. The van der Waals surface area contributed by atoms with Crippen molar-refractivity contribution in [2.75, 3.05) is 19.8 Å². The molecule has 1 aromatic heterocycles. The molecule has 33 heavy (non-hydrogen) atoms. The summed E-state index contributed by atoms with van der Waals surface area (Å²) in [6.07, 6.45) is 1.49. The van der Waals surface area contributed by atoms with Crippen molar-refractivity contribution in [1.82, 2.24) is 15.1 Å². The first kappa shape index (κ1) is 22.4. The van der Waals surface area contributed by atoms with Crippen LogP contribution in [0.1, 0.15) is 52.7 Å². The van der Waals surface area contributed by atoms with Gasteiger partial charge in [0.25, 0.3) is 5.91 Å². The smallest absolute Gasteiger partial charge is 0.341 e. The number of rotatable bonds is 6. The van der Waals surface area contributed by atoms with Gasteiger partial charge in [0.1, 0.15) is 18.8 Å². The van der Waals surface area contributed by atoms with E-state index in [1.54, 1.807) is 42.8 Å². The summed E-state index contributed by atoms with van der Waals surface area (Å²) < 4.78 is 18.0. The van der Waals surface area contributed by atoms with Crippen LogP contribution in [-0.2, 0) is 10.3 Å². The fourth-order valence-electron chi connectivity index (χ4n) is 3.69. The van der Waals surface area contributed by atoms with Gasteiger partial charge in [0, 0.05) is 5.56 Å². The van der Waals surface area contributed by atoms with Crippen molar-refractivity contribution in [3.8, 4) is 17.2 Å². The maximum absolute atomic E-state index is 13.0. The maximum atomic E-state index is 13.0. The summed E-state index contributed by atoms with van der Waals surface area (Å²) in [6.45, 7) is 8.78. The highest BCUT2D eigenvalue weighted by molar-refractivity contribution is 5.95. The van der Waals surface area contributed by atoms with Crippen LogP contribution in [0, 0.1) is 6.92 Å². The van der Waals surface area contributed by atoms with Crippen molar-refractivity contribution in [2.24, 2.45) is 0 Å². The number of hydrogen-bond donors (Lipinski definition) is 1. The van der Waals surface area contributed by atoms with Crippen molar-refractivity contribution in [2.45, 2.75) is 33.2 Å². The van der Waals surface area contributed by atoms with Crippen molar-refractivity contribution in [3.63, 3.8) is 0 Å². The van der Waals surface area contributed by atoms with Crippen molar-refractivity contribution >= 4 is 11.9 Å². The number of carbonyl (C=O) groups is 2. The van der Waals surface area contributed by atoms with Crippen LogP contribution >= 0.6 is 0 Å². The third-order valence-electron chi connectivity index (χ3n) is 5.57. The highest BCUT2D eigenvalue weighted by atomic mass is 16.6. The number of amides is 1. The van der Waals surface area contributed by atoms with Crippen LogP contribution in [0.3, 0.4) is 0 Å². The summed E-state index contributed by atoms with van der Waals surface area (Å²) in [5.41, 5.74) is 2.63. The molecule has 1 aliphatic heterocycles. The molecule has 4 rings (SSSR count). The van der Waals surface area contributed by atoms with Gasteiger partial charge in [0.15, 0.2) is 11.5 Å². The molecule has 0 atom stereocenters. The van der Waals surface area contributed by atoms with Crippen LogP contribution < -0.4 is 14.8 Å². The summed E-state index contributed by atoms with van der Waals surface area (Å²) in [6, 6.07) is 12.7. The number of ether oxygens (including phenoxy) is 3. The number of nitrogens with zero attached hydrogens (tertiary/aromatic N) is 2. The molecule has 0 aliphatic carbocycles. The van der Waals surface area contributed by atoms with Crippen LogP contribution in [0.5, 0.6) is 11.5 Å². The average Bonchev–Trinajstić information content (AvgIpc) is 3.20. The molecule has 2 heterocycles. The van der Waals surface area contributed by atoms with Crippen LogP contribution in [0.2, 0.25) is 0 Å². The van der Waals surface area contributed by atoms with Crippen molar-refractivity contribution in [1.29, 1.82) is 0 Å². The molecule has 0 fully saturated rings. The lowest BCUT2D eigenvalue weighted by Crippen LogP contribution is -2.41. The lowest BCUT2D eigenvalue weighted by atomic mass is 9.93. The first-order valence-corrected chi connectivity index (χ1v) is 10.8. The molecule has 0 bridgehead atoms. The van der Waals surface area contributed by atoms with E-state index in [0.717, 1.165) is 11.3 Å². The maximum Gasteiger partial charge on any atom is 0.341 e. The fraction of sp³-hybridized carbons (Fsp3) is 0.320. The SMILES string of the molecule is CCOC(=O)c1cnn(-c2ccc(C(=O)NC(C)(C)c3ccc4c(c3)OCCO4)cc2)c1C. The van der Waals surface area contributed by atoms with Gasteiger partial charge in [-0.25, -0.2) is 9.48 Å². The summed E-state index contributed by atoms with van der Waals surface area (Å²) >= 11 is 0. The number of esters is 1. The molecule has 3 aromatic rings. The van der Waals surface area contributed by atoms with E-state index >= 15 is 0 Å². The minimum absolute atomic E-state index is 0.203. The highest BCUT2D eigenvalue weighted by Crippen LogP contribution is 2.34. The van der Waals surface area contributed by atoms with E-state index in [0.29, 0.717) is 48.1 Å². The zero-order valence-electron chi connectivity index (χ0n) is 19.2. The molecule has 0 saturated heterocycles. The zero-order chi connectivity index (χ0) is 23.6. The van der Waals surface area contributed by atoms with Crippen molar-refractivity contribution < 1.29 is 23.8 Å². The minimum atomic E-state index is -0.626. The highest BCUT2D eigenvalue weighted by Gasteiger charge is 2.26. The average molecular weight is 450 g/mol. The van der Waals surface area contributed by atoms with Crippen LogP contribution in [0.4, 0.5) is 0 Å². The topological polar surface area (TPSA) is 91.7 Å². The van der Waals surface area contributed by atoms with Gasteiger partial charge in [0.05, 0.1) is 29.7 Å². The first-order valence-electron chi connectivity index (χ1n) is 10.8. The Morgan fingerprint density at radius 2 is 1.79 bits per heavy atom. The predicted octanol–water partition coefficient (Wildman–Crippen LogP) is 3.79. The quantitative estimate of drug-likeness (QED) is 0.576. The van der Waals surface area contributed by atoms with E-state index in [9.17, 15) is 9.59 Å². The molecular formula is C25H27N3O5. The van der Waals surface area contributed by atoms with E-state index in [2.05, 4.69) is 10.4 Å². The van der Waals surface area contributed by atoms with Crippen LogP contribution in [0.25, 0.3) is 5.69 Å². The Morgan fingerprint density at radius 3 is 2.48 bits per heavy atom. The van der Waals surface area contributed by atoms with Gasteiger partial charge in [-0.1, -0.05) is 6.07 Å². The van der Waals surface area contributed by atoms with E-state index in [-0.39, 0.29) is 5.91 Å². The van der Waals surface area contributed by atoms with E-state index in [1.807, 2.05) is 32.0 Å². The summed E-state index contributed by atoms with van der Waals surface area (Å²) in [5, 5.41) is 7.37. The number of nitrogens with one attached hydrogen (secondary N) is 1. The monoisotopic (exact) mass is 449 g/mol. The Balaban J connectivity index is 1.49. The van der Waals surface area contributed by atoms with Gasteiger partial charge in [-0.15, -0.1) is 0 Å². The number of carbonyl (C=O) groups excluding carboxylic acids is 2. The molecule has 0 spiro atoms. The van der Waals surface area contributed by atoms with Gasteiger partial charge in [0.2, 0.25) is 0 Å². The molecule has 1 N–H and O–H groups in total. The van der Waals surface area contributed by atoms with Gasteiger partial charge >= 0.3 is 5.97 Å².